The largest absolute Gasteiger partial charge is 0.496 e. The summed E-state index contributed by atoms with van der Waals surface area (Å²) in [5, 5.41) is 12.7. The van der Waals surface area contributed by atoms with Crippen LogP contribution in [0.5, 0.6) is 5.75 Å². The van der Waals surface area contributed by atoms with Gasteiger partial charge < -0.3 is 14.5 Å². The minimum Gasteiger partial charge on any atom is -0.496 e. The molecule has 1 fully saturated rings. The Hall–Kier alpha value is -3.42. The number of nitrogens with zero attached hydrogens (tertiary/aromatic N) is 6. The first-order valence-corrected chi connectivity index (χ1v) is 9.23. The molecule has 0 unspecified atom stereocenters. The molecule has 28 heavy (non-hydrogen) atoms. The van der Waals surface area contributed by atoms with Gasteiger partial charge in [0, 0.05) is 44.1 Å². The molecule has 8 nitrogen and oxygen atoms in total. The van der Waals surface area contributed by atoms with Crippen molar-refractivity contribution in [1.82, 2.24) is 24.9 Å². The van der Waals surface area contributed by atoms with E-state index >= 15 is 0 Å². The molecule has 3 heterocycles. The molecule has 1 aromatic carbocycles. The minimum absolute atomic E-state index is 0.115. The highest BCUT2D eigenvalue weighted by Crippen LogP contribution is 2.19. The van der Waals surface area contributed by atoms with E-state index in [0.717, 1.165) is 30.2 Å². The van der Waals surface area contributed by atoms with Gasteiger partial charge in [0.15, 0.2) is 11.6 Å². The Labute approximate surface area is 163 Å². The van der Waals surface area contributed by atoms with E-state index in [0.29, 0.717) is 25.3 Å². The second-order valence-electron chi connectivity index (χ2n) is 6.56. The van der Waals surface area contributed by atoms with Crippen LogP contribution in [0.25, 0.3) is 5.82 Å². The van der Waals surface area contributed by atoms with Crippen LogP contribution in [0, 0.1) is 0 Å². The third kappa shape index (κ3) is 3.80. The van der Waals surface area contributed by atoms with Gasteiger partial charge in [-0.05, 0) is 24.3 Å². The molecule has 4 rings (SSSR count). The van der Waals surface area contributed by atoms with Gasteiger partial charge in [0.1, 0.15) is 5.75 Å². The summed E-state index contributed by atoms with van der Waals surface area (Å²) < 4.78 is 7.02. The van der Waals surface area contributed by atoms with Crippen molar-refractivity contribution >= 4 is 11.7 Å². The summed E-state index contributed by atoms with van der Waals surface area (Å²) in [5.74, 6) is 2.36. The van der Waals surface area contributed by atoms with Crippen molar-refractivity contribution in [2.24, 2.45) is 0 Å². The molecule has 0 spiro atoms. The molecule has 0 N–H and O–H groups in total. The van der Waals surface area contributed by atoms with E-state index in [1.807, 2.05) is 53.6 Å². The van der Waals surface area contributed by atoms with Crippen molar-refractivity contribution in [3.63, 3.8) is 0 Å². The monoisotopic (exact) mass is 378 g/mol. The number of benzene rings is 1. The van der Waals surface area contributed by atoms with E-state index in [1.165, 1.54) is 0 Å². The number of anilines is 1. The normalized spacial score (nSPS) is 14.2. The highest BCUT2D eigenvalue weighted by Gasteiger charge is 2.23. The van der Waals surface area contributed by atoms with E-state index in [4.69, 9.17) is 4.74 Å². The summed E-state index contributed by atoms with van der Waals surface area (Å²) in [5.41, 5.74) is 0.914. The number of amides is 1. The number of ether oxygens (including phenoxy) is 1. The fourth-order valence-electron chi connectivity index (χ4n) is 3.32. The van der Waals surface area contributed by atoms with Gasteiger partial charge in [-0.2, -0.15) is 5.10 Å². The van der Waals surface area contributed by atoms with E-state index < -0.39 is 0 Å². The van der Waals surface area contributed by atoms with Crippen molar-refractivity contribution < 1.29 is 9.53 Å². The lowest BCUT2D eigenvalue weighted by Crippen LogP contribution is -2.49. The van der Waals surface area contributed by atoms with Gasteiger partial charge in [-0.3, -0.25) is 4.79 Å². The van der Waals surface area contributed by atoms with Gasteiger partial charge in [0.25, 0.3) is 0 Å². The molecule has 1 saturated heterocycles. The van der Waals surface area contributed by atoms with Crippen LogP contribution in [0.4, 0.5) is 5.82 Å². The van der Waals surface area contributed by atoms with Gasteiger partial charge >= 0.3 is 0 Å². The first-order chi connectivity index (χ1) is 13.7. The molecule has 8 heteroatoms. The lowest BCUT2D eigenvalue weighted by Gasteiger charge is -2.35. The smallest absolute Gasteiger partial charge is 0.227 e. The van der Waals surface area contributed by atoms with Gasteiger partial charge in [-0.15, -0.1) is 10.2 Å². The number of para-hydroxylation sites is 1. The van der Waals surface area contributed by atoms with Gasteiger partial charge in [-0.25, -0.2) is 4.68 Å². The topological polar surface area (TPSA) is 76.4 Å². The molecule has 0 atom stereocenters. The lowest BCUT2D eigenvalue weighted by molar-refractivity contribution is -0.130. The van der Waals surface area contributed by atoms with Gasteiger partial charge in [0.05, 0.1) is 13.5 Å². The Balaban J connectivity index is 1.34. The van der Waals surface area contributed by atoms with Crippen molar-refractivity contribution in [2.75, 3.05) is 38.2 Å². The summed E-state index contributed by atoms with van der Waals surface area (Å²) >= 11 is 0. The van der Waals surface area contributed by atoms with E-state index in [2.05, 4.69) is 20.2 Å². The Morgan fingerprint density at radius 3 is 2.43 bits per heavy atom. The van der Waals surface area contributed by atoms with Crippen molar-refractivity contribution in [3.8, 4) is 11.6 Å². The Bertz CT molecular complexity index is 918. The zero-order chi connectivity index (χ0) is 19.3. The fourth-order valence-corrected chi connectivity index (χ4v) is 3.32. The van der Waals surface area contributed by atoms with Crippen molar-refractivity contribution in [1.29, 1.82) is 0 Å². The molecule has 0 radical (unpaired) electrons. The number of rotatable bonds is 5. The molecule has 0 bridgehead atoms. The number of aromatic nitrogens is 4. The quantitative estimate of drug-likeness (QED) is 0.671. The maximum atomic E-state index is 12.7. The standard InChI is InChI=1S/C20H22N6O2/c1-28-17-6-3-2-5-16(17)15-20(27)25-13-11-24(12-14-25)18-7-8-19(23-22-18)26-10-4-9-21-26/h2-10H,11-15H2,1H3. The highest BCUT2D eigenvalue weighted by molar-refractivity contribution is 5.79. The average Bonchev–Trinajstić information content (AvgIpc) is 3.29. The molecule has 3 aromatic rings. The fraction of sp³-hybridized carbons (Fsp3) is 0.300. The first-order valence-electron chi connectivity index (χ1n) is 9.23. The lowest BCUT2D eigenvalue weighted by atomic mass is 10.1. The zero-order valence-corrected chi connectivity index (χ0v) is 15.7. The van der Waals surface area contributed by atoms with Crippen molar-refractivity contribution in [2.45, 2.75) is 6.42 Å². The second-order valence-corrected chi connectivity index (χ2v) is 6.56. The number of piperazine rings is 1. The molecule has 1 aliphatic heterocycles. The number of hydrogen-bond donors (Lipinski definition) is 0. The molecular weight excluding hydrogens is 356 g/mol. The van der Waals surface area contributed by atoms with Crippen LogP contribution in [0.15, 0.2) is 54.9 Å². The number of carbonyl (C=O) groups excluding carboxylic acids is 1. The molecule has 0 saturated carbocycles. The number of methoxy groups -OCH3 is 1. The summed E-state index contributed by atoms with van der Waals surface area (Å²) in [6.07, 6.45) is 3.88. The zero-order valence-electron chi connectivity index (χ0n) is 15.7. The molecule has 1 amide bonds. The van der Waals surface area contributed by atoms with Crippen LogP contribution in [0.1, 0.15) is 5.56 Å². The highest BCUT2D eigenvalue weighted by atomic mass is 16.5. The Morgan fingerprint density at radius 1 is 1.00 bits per heavy atom. The molecule has 144 valence electrons. The van der Waals surface area contributed by atoms with Crippen LogP contribution >= 0.6 is 0 Å². The maximum absolute atomic E-state index is 12.7. The first kappa shape index (κ1) is 18.0. The van der Waals surface area contributed by atoms with Gasteiger partial charge in [0.2, 0.25) is 5.91 Å². The minimum atomic E-state index is 0.115. The number of carbonyl (C=O) groups is 1. The summed E-state index contributed by atoms with van der Waals surface area (Å²) in [7, 11) is 1.63. The van der Waals surface area contributed by atoms with E-state index in [1.54, 1.807) is 18.0 Å². The molecule has 2 aromatic heterocycles. The van der Waals surface area contributed by atoms with Gasteiger partial charge in [-0.1, -0.05) is 18.2 Å². The predicted molar refractivity (Wildman–Crippen MR) is 105 cm³/mol. The summed E-state index contributed by atoms with van der Waals surface area (Å²) in [6, 6.07) is 13.3. The van der Waals surface area contributed by atoms with Crippen LogP contribution in [0.3, 0.4) is 0 Å². The molecular formula is C20H22N6O2. The van der Waals surface area contributed by atoms with Crippen LogP contribution in [0.2, 0.25) is 0 Å². The predicted octanol–water partition coefficient (Wildman–Crippen LogP) is 1.56. The van der Waals surface area contributed by atoms with Crippen LogP contribution in [-0.4, -0.2) is 64.1 Å². The molecule has 1 aliphatic rings. The Kier molecular flexibility index (Phi) is 5.18. The summed E-state index contributed by atoms with van der Waals surface area (Å²) in [6.45, 7) is 2.79. The average molecular weight is 378 g/mol. The third-order valence-corrected chi connectivity index (χ3v) is 4.87. The summed E-state index contributed by atoms with van der Waals surface area (Å²) in [4.78, 5) is 16.7. The van der Waals surface area contributed by atoms with Crippen molar-refractivity contribution in [3.05, 3.63) is 60.4 Å². The van der Waals surface area contributed by atoms with Crippen LogP contribution in [-0.2, 0) is 11.2 Å². The second kappa shape index (κ2) is 8.08. The van der Waals surface area contributed by atoms with Crippen LogP contribution < -0.4 is 9.64 Å². The molecule has 0 aliphatic carbocycles. The maximum Gasteiger partial charge on any atom is 0.227 e. The number of hydrogen-bond acceptors (Lipinski definition) is 6. The van der Waals surface area contributed by atoms with E-state index in [9.17, 15) is 4.79 Å². The van der Waals surface area contributed by atoms with E-state index in [-0.39, 0.29) is 5.91 Å². The third-order valence-electron chi connectivity index (χ3n) is 4.87. The SMILES string of the molecule is COc1ccccc1CC(=O)N1CCN(c2ccc(-n3cccn3)nn2)CC1. The Morgan fingerprint density at radius 2 is 1.75 bits per heavy atom.